The number of carbonyl (C=O) groups is 3. The Kier molecular flexibility index (Phi) is 6.49. The van der Waals surface area contributed by atoms with Crippen molar-refractivity contribution in [1.82, 2.24) is 10.2 Å². The van der Waals surface area contributed by atoms with E-state index in [1.54, 1.807) is 6.92 Å². The van der Waals surface area contributed by atoms with Crippen LogP contribution >= 0.6 is 0 Å². The first-order valence-electron chi connectivity index (χ1n) is 9.42. The summed E-state index contributed by atoms with van der Waals surface area (Å²) in [6, 6.07) is 15.4. The second kappa shape index (κ2) is 9.23. The molecule has 3 rings (SSSR count). The normalized spacial score (nSPS) is 16.3. The predicted octanol–water partition coefficient (Wildman–Crippen LogP) is 2.43. The first-order valence-corrected chi connectivity index (χ1v) is 9.42. The van der Waals surface area contributed by atoms with Crippen LogP contribution in [0.15, 0.2) is 54.6 Å². The molecule has 7 heteroatoms. The number of ether oxygens (including phenoxy) is 2. The zero-order valence-electron chi connectivity index (χ0n) is 16.5. The predicted molar refractivity (Wildman–Crippen MR) is 106 cm³/mol. The second-order valence-corrected chi connectivity index (χ2v) is 6.91. The third-order valence-corrected chi connectivity index (χ3v) is 4.90. The van der Waals surface area contributed by atoms with Crippen LogP contribution in [0.25, 0.3) is 0 Å². The number of fused-ring (bicyclic) bond motifs is 1. The summed E-state index contributed by atoms with van der Waals surface area (Å²) >= 11 is 0. The van der Waals surface area contributed by atoms with Crippen molar-refractivity contribution in [3.8, 4) is 0 Å². The van der Waals surface area contributed by atoms with Crippen LogP contribution in [0.2, 0.25) is 0 Å². The molecule has 0 spiro atoms. The van der Waals surface area contributed by atoms with Gasteiger partial charge in [-0.1, -0.05) is 54.6 Å². The Morgan fingerprint density at radius 2 is 1.72 bits per heavy atom. The molecule has 1 aliphatic heterocycles. The van der Waals surface area contributed by atoms with Gasteiger partial charge < -0.3 is 14.8 Å². The van der Waals surface area contributed by atoms with Gasteiger partial charge in [0, 0.05) is 6.42 Å². The average Bonchev–Trinajstić information content (AvgIpc) is 2.76. The molecule has 0 saturated heterocycles. The minimum Gasteiger partial charge on any atom is -0.467 e. The number of hydrogen-bond donors (Lipinski definition) is 1. The molecule has 7 nitrogen and oxygen atoms in total. The number of nitrogens with one attached hydrogen (secondary N) is 1. The molecular formula is C22H24N2O5. The molecule has 1 heterocycles. The highest BCUT2D eigenvalue weighted by Crippen LogP contribution is 2.24. The van der Waals surface area contributed by atoms with E-state index in [1.165, 1.54) is 12.0 Å². The summed E-state index contributed by atoms with van der Waals surface area (Å²) < 4.78 is 10.1. The number of nitrogens with zero attached hydrogens (tertiary/aromatic N) is 1. The fourth-order valence-corrected chi connectivity index (χ4v) is 3.30. The molecular weight excluding hydrogens is 372 g/mol. The minimum atomic E-state index is -0.813. The van der Waals surface area contributed by atoms with Crippen molar-refractivity contribution in [1.29, 1.82) is 0 Å². The zero-order valence-corrected chi connectivity index (χ0v) is 16.5. The van der Waals surface area contributed by atoms with Gasteiger partial charge >= 0.3 is 12.1 Å². The van der Waals surface area contributed by atoms with E-state index in [4.69, 9.17) is 4.74 Å². The quantitative estimate of drug-likeness (QED) is 0.785. The van der Waals surface area contributed by atoms with Gasteiger partial charge in [-0.25, -0.2) is 9.59 Å². The molecule has 2 amide bonds. The number of benzene rings is 2. The van der Waals surface area contributed by atoms with Gasteiger partial charge in [0.2, 0.25) is 5.91 Å². The van der Waals surface area contributed by atoms with E-state index in [1.807, 2.05) is 54.6 Å². The smallest absolute Gasteiger partial charge is 0.411 e. The molecule has 1 N–H and O–H groups in total. The fraction of sp³-hybridized carbons (Fsp3) is 0.318. The van der Waals surface area contributed by atoms with E-state index < -0.39 is 30.1 Å². The van der Waals surface area contributed by atoms with Crippen LogP contribution in [-0.4, -0.2) is 42.1 Å². The van der Waals surface area contributed by atoms with Gasteiger partial charge in [0.15, 0.2) is 0 Å². The van der Waals surface area contributed by atoms with Crippen molar-refractivity contribution < 1.29 is 23.9 Å². The van der Waals surface area contributed by atoms with Gasteiger partial charge in [-0.2, -0.15) is 0 Å². The van der Waals surface area contributed by atoms with Crippen molar-refractivity contribution in [2.45, 2.75) is 38.6 Å². The Bertz CT molecular complexity index is 884. The van der Waals surface area contributed by atoms with Crippen molar-refractivity contribution in [3.05, 3.63) is 71.3 Å². The lowest BCUT2D eigenvalue weighted by molar-refractivity contribution is -0.145. The van der Waals surface area contributed by atoms with E-state index in [-0.39, 0.29) is 13.2 Å². The molecule has 2 aromatic rings. The number of rotatable bonds is 5. The van der Waals surface area contributed by atoms with Crippen LogP contribution in [0.5, 0.6) is 0 Å². The molecule has 0 aliphatic carbocycles. The van der Waals surface area contributed by atoms with E-state index in [2.05, 4.69) is 10.1 Å². The fourth-order valence-electron chi connectivity index (χ4n) is 3.30. The number of esters is 1. The van der Waals surface area contributed by atoms with Crippen LogP contribution in [0.1, 0.15) is 23.6 Å². The largest absolute Gasteiger partial charge is 0.467 e. The van der Waals surface area contributed by atoms with Gasteiger partial charge in [-0.3, -0.25) is 9.69 Å². The van der Waals surface area contributed by atoms with Crippen LogP contribution in [0.3, 0.4) is 0 Å². The molecule has 152 valence electrons. The SMILES string of the molecule is COC(=O)[C@@H](C)NC(=O)[C@@H]1Cc2ccccc2CN1C(=O)OCc1ccccc1. The molecule has 29 heavy (non-hydrogen) atoms. The highest BCUT2D eigenvalue weighted by molar-refractivity contribution is 5.90. The lowest BCUT2D eigenvalue weighted by Gasteiger charge is -2.35. The van der Waals surface area contributed by atoms with E-state index in [9.17, 15) is 14.4 Å². The standard InChI is InChI=1S/C22H24N2O5/c1-15(21(26)28-2)23-20(25)19-12-17-10-6-7-11-18(17)13-24(19)22(27)29-14-16-8-4-3-5-9-16/h3-11,15,19H,12-14H2,1-2H3,(H,23,25)/t15-,19+/m1/s1. The highest BCUT2D eigenvalue weighted by Gasteiger charge is 2.36. The third kappa shape index (κ3) is 4.93. The maximum Gasteiger partial charge on any atom is 0.411 e. The van der Waals surface area contributed by atoms with Gasteiger partial charge in [0.25, 0.3) is 0 Å². The minimum absolute atomic E-state index is 0.116. The lowest BCUT2D eigenvalue weighted by Crippen LogP contribution is -2.55. The highest BCUT2D eigenvalue weighted by atomic mass is 16.6. The molecule has 0 radical (unpaired) electrons. The van der Waals surface area contributed by atoms with Crippen molar-refractivity contribution in [3.63, 3.8) is 0 Å². The molecule has 0 bridgehead atoms. The van der Waals surface area contributed by atoms with Gasteiger partial charge in [0.05, 0.1) is 13.7 Å². The topological polar surface area (TPSA) is 84.9 Å². The van der Waals surface area contributed by atoms with Crippen LogP contribution in [0, 0.1) is 0 Å². The molecule has 0 fully saturated rings. The molecule has 1 aliphatic rings. The van der Waals surface area contributed by atoms with Gasteiger partial charge in [-0.05, 0) is 23.6 Å². The first-order chi connectivity index (χ1) is 14.0. The van der Waals surface area contributed by atoms with Gasteiger partial charge in [0.1, 0.15) is 18.7 Å². The summed E-state index contributed by atoms with van der Waals surface area (Å²) in [7, 11) is 1.26. The monoisotopic (exact) mass is 396 g/mol. The average molecular weight is 396 g/mol. The van der Waals surface area contributed by atoms with Crippen LogP contribution in [-0.2, 0) is 38.6 Å². The molecule has 0 unspecified atom stereocenters. The van der Waals surface area contributed by atoms with Crippen molar-refractivity contribution >= 4 is 18.0 Å². The van der Waals surface area contributed by atoms with Gasteiger partial charge in [-0.15, -0.1) is 0 Å². The Hall–Kier alpha value is -3.35. The second-order valence-electron chi connectivity index (χ2n) is 6.91. The molecule has 0 saturated carbocycles. The number of methoxy groups -OCH3 is 1. The summed E-state index contributed by atoms with van der Waals surface area (Å²) in [5.74, 6) is -0.971. The van der Waals surface area contributed by atoms with E-state index >= 15 is 0 Å². The molecule has 0 aromatic heterocycles. The Balaban J connectivity index is 1.76. The summed E-state index contributed by atoms with van der Waals surface area (Å²) in [5.41, 5.74) is 2.82. The van der Waals surface area contributed by atoms with Crippen LogP contribution in [0.4, 0.5) is 4.79 Å². The Labute approximate surface area is 169 Å². The third-order valence-electron chi connectivity index (χ3n) is 4.90. The Morgan fingerprint density at radius 1 is 1.07 bits per heavy atom. The van der Waals surface area contributed by atoms with Crippen LogP contribution < -0.4 is 5.32 Å². The molecule has 2 aromatic carbocycles. The zero-order chi connectivity index (χ0) is 20.8. The number of hydrogen-bond acceptors (Lipinski definition) is 5. The van der Waals surface area contributed by atoms with E-state index in [0.717, 1.165) is 16.7 Å². The maximum atomic E-state index is 12.9. The Morgan fingerprint density at radius 3 is 2.41 bits per heavy atom. The maximum absolute atomic E-state index is 12.9. The number of carbonyl (C=O) groups excluding carboxylic acids is 3. The summed E-state index contributed by atoms with van der Waals surface area (Å²) in [4.78, 5) is 38.7. The number of amides is 2. The first kappa shape index (κ1) is 20.4. The summed E-state index contributed by atoms with van der Waals surface area (Å²) in [6.07, 6.45) is -0.231. The van der Waals surface area contributed by atoms with Crippen molar-refractivity contribution in [2.24, 2.45) is 0 Å². The lowest BCUT2D eigenvalue weighted by atomic mass is 9.93. The molecule has 2 atom stereocenters. The van der Waals surface area contributed by atoms with Crippen molar-refractivity contribution in [2.75, 3.05) is 7.11 Å². The summed E-state index contributed by atoms with van der Waals surface area (Å²) in [5, 5.41) is 2.63. The van der Waals surface area contributed by atoms with E-state index in [0.29, 0.717) is 6.42 Å². The summed E-state index contributed by atoms with van der Waals surface area (Å²) in [6.45, 7) is 1.91.